The molecule has 3 aromatic rings. The zero-order valence-electron chi connectivity index (χ0n) is 19.0. The number of hydrogen-bond acceptors (Lipinski definition) is 6. The molecule has 0 aliphatic heterocycles. The zero-order valence-corrected chi connectivity index (χ0v) is 20.7. The van der Waals surface area contributed by atoms with E-state index >= 15 is 0 Å². The van der Waals surface area contributed by atoms with Crippen molar-refractivity contribution in [2.45, 2.75) is 51.5 Å². The van der Waals surface area contributed by atoms with E-state index in [2.05, 4.69) is 11.9 Å². The number of carbonyl (C=O) groups excluding carboxylic acids is 2. The normalized spacial score (nSPS) is 12.3. The van der Waals surface area contributed by atoms with Crippen molar-refractivity contribution in [2.24, 2.45) is 4.99 Å². The summed E-state index contributed by atoms with van der Waals surface area (Å²) in [4.78, 5) is 29.5. The van der Waals surface area contributed by atoms with Gasteiger partial charge in [-0.05, 0) is 56.5 Å². The van der Waals surface area contributed by atoms with Crippen molar-refractivity contribution in [3.63, 3.8) is 0 Å². The molecule has 2 aromatic carbocycles. The second-order valence-electron chi connectivity index (χ2n) is 7.67. The highest BCUT2D eigenvalue weighted by Crippen LogP contribution is 2.20. The summed E-state index contributed by atoms with van der Waals surface area (Å²) in [5.41, 5.74) is 2.93. The Bertz CT molecular complexity index is 1320. The molecule has 0 bridgehead atoms. The minimum Gasteiger partial charge on any atom is -0.465 e. The number of amides is 1. The summed E-state index contributed by atoms with van der Waals surface area (Å²) in [5.74, 6) is -0.962. The Morgan fingerprint density at radius 1 is 1.09 bits per heavy atom. The van der Waals surface area contributed by atoms with E-state index in [0.717, 1.165) is 27.8 Å². The van der Waals surface area contributed by atoms with Gasteiger partial charge in [-0.3, -0.25) is 9.59 Å². The monoisotopic (exact) mass is 488 g/mol. The highest BCUT2D eigenvalue weighted by atomic mass is 32.2. The molecular formula is C24H28N2O5S2. The molecule has 7 nitrogen and oxygen atoms in total. The van der Waals surface area contributed by atoms with E-state index in [4.69, 9.17) is 4.74 Å². The van der Waals surface area contributed by atoms with Crippen molar-refractivity contribution >= 4 is 43.3 Å². The van der Waals surface area contributed by atoms with Gasteiger partial charge < -0.3 is 9.30 Å². The Labute approximate surface area is 197 Å². The first-order valence-electron chi connectivity index (χ1n) is 10.9. The number of rotatable bonds is 9. The number of benzene rings is 2. The molecule has 0 N–H and O–H groups in total. The molecule has 1 amide bonds. The van der Waals surface area contributed by atoms with Crippen molar-refractivity contribution in [2.75, 3.05) is 12.4 Å². The van der Waals surface area contributed by atoms with Crippen LogP contribution in [0.5, 0.6) is 0 Å². The molecular weight excluding hydrogens is 460 g/mol. The average molecular weight is 489 g/mol. The van der Waals surface area contributed by atoms with Gasteiger partial charge in [0.25, 0.3) is 0 Å². The predicted molar refractivity (Wildman–Crippen MR) is 129 cm³/mol. The molecule has 176 valence electrons. The number of fused-ring (bicyclic) bond motifs is 1. The first kappa shape index (κ1) is 24.9. The lowest BCUT2D eigenvalue weighted by Gasteiger charge is -2.06. The first-order valence-corrected chi connectivity index (χ1v) is 13.3. The quantitative estimate of drug-likeness (QED) is 0.427. The molecule has 0 aliphatic rings. The fourth-order valence-electron chi connectivity index (χ4n) is 3.35. The van der Waals surface area contributed by atoms with Gasteiger partial charge in [0, 0.05) is 6.42 Å². The van der Waals surface area contributed by atoms with Gasteiger partial charge in [0.2, 0.25) is 5.91 Å². The van der Waals surface area contributed by atoms with Crippen LogP contribution in [0.4, 0.5) is 0 Å². The van der Waals surface area contributed by atoms with Gasteiger partial charge in [-0.2, -0.15) is 4.99 Å². The summed E-state index contributed by atoms with van der Waals surface area (Å²) >= 11 is 1.33. The van der Waals surface area contributed by atoms with Crippen LogP contribution in [-0.4, -0.2) is 37.2 Å². The van der Waals surface area contributed by atoms with E-state index in [9.17, 15) is 18.0 Å². The van der Waals surface area contributed by atoms with E-state index in [1.807, 2.05) is 25.1 Å². The molecule has 3 rings (SSSR count). The Morgan fingerprint density at radius 2 is 1.82 bits per heavy atom. The molecule has 1 heterocycles. The molecule has 0 saturated heterocycles. The average Bonchev–Trinajstić information content (AvgIpc) is 3.09. The van der Waals surface area contributed by atoms with Crippen molar-refractivity contribution in [3.05, 3.63) is 58.4 Å². The number of carbonyl (C=O) groups is 2. The van der Waals surface area contributed by atoms with Crippen LogP contribution in [-0.2, 0) is 37.1 Å². The molecule has 0 atom stereocenters. The Morgan fingerprint density at radius 3 is 2.48 bits per heavy atom. The smallest absolute Gasteiger partial charge is 0.326 e. The third kappa shape index (κ3) is 6.39. The third-order valence-electron chi connectivity index (χ3n) is 5.15. The van der Waals surface area contributed by atoms with Crippen LogP contribution in [0.3, 0.4) is 0 Å². The molecule has 0 saturated carbocycles. The van der Waals surface area contributed by atoms with E-state index in [1.165, 1.54) is 11.3 Å². The molecule has 33 heavy (non-hydrogen) atoms. The summed E-state index contributed by atoms with van der Waals surface area (Å²) in [6.45, 7) is 5.90. The van der Waals surface area contributed by atoms with Gasteiger partial charge in [0.15, 0.2) is 14.6 Å². The fraction of sp³-hybridized carbons (Fsp3) is 0.375. The van der Waals surface area contributed by atoms with Crippen molar-refractivity contribution in [1.82, 2.24) is 4.57 Å². The van der Waals surface area contributed by atoms with Crippen LogP contribution in [0.2, 0.25) is 0 Å². The van der Waals surface area contributed by atoms with E-state index < -0.39 is 21.7 Å². The lowest BCUT2D eigenvalue weighted by Crippen LogP contribution is -2.23. The topological polar surface area (TPSA) is 94.8 Å². The van der Waals surface area contributed by atoms with Gasteiger partial charge in [0.1, 0.15) is 6.54 Å². The van der Waals surface area contributed by atoms with E-state index in [1.54, 1.807) is 35.8 Å². The minimum absolute atomic E-state index is 0.00104. The van der Waals surface area contributed by atoms with Crippen LogP contribution < -0.4 is 4.80 Å². The van der Waals surface area contributed by atoms with Crippen LogP contribution in [0.1, 0.15) is 37.8 Å². The number of sulfone groups is 1. The number of thiazole rings is 1. The SMILES string of the molecule is CCOC(=O)Cn1c(=NC(=O)CCCS(=O)(=O)c2ccc(C)cc2)sc2cc(CC)ccc21. The number of nitrogens with zero attached hydrogens (tertiary/aromatic N) is 2. The summed E-state index contributed by atoms with van der Waals surface area (Å²) in [6, 6.07) is 12.6. The molecule has 0 spiro atoms. The second kappa shape index (κ2) is 10.9. The molecule has 0 unspecified atom stereocenters. The van der Waals surface area contributed by atoms with Crippen LogP contribution >= 0.6 is 11.3 Å². The highest BCUT2D eigenvalue weighted by molar-refractivity contribution is 7.91. The number of ether oxygens (including phenoxy) is 1. The van der Waals surface area contributed by atoms with Gasteiger partial charge >= 0.3 is 5.97 Å². The Kier molecular flexibility index (Phi) is 8.20. The summed E-state index contributed by atoms with van der Waals surface area (Å²) < 4.78 is 32.7. The zero-order chi connectivity index (χ0) is 24.0. The van der Waals surface area contributed by atoms with Crippen LogP contribution in [0.15, 0.2) is 52.4 Å². The predicted octanol–water partition coefficient (Wildman–Crippen LogP) is 3.82. The maximum absolute atomic E-state index is 12.6. The summed E-state index contributed by atoms with van der Waals surface area (Å²) in [5, 5.41) is 0. The molecule has 0 aliphatic carbocycles. The van der Waals surface area contributed by atoms with Crippen molar-refractivity contribution in [1.29, 1.82) is 0 Å². The first-order chi connectivity index (χ1) is 15.7. The number of aryl methyl sites for hydroxylation is 2. The summed E-state index contributed by atoms with van der Waals surface area (Å²) in [7, 11) is -3.46. The van der Waals surface area contributed by atoms with Gasteiger partial charge in [-0.15, -0.1) is 0 Å². The number of esters is 1. The number of aromatic nitrogens is 1. The standard InChI is InChI=1S/C24H28N2O5S2/c1-4-18-10-13-20-21(15-18)32-24(26(20)16-23(28)31-5-2)25-22(27)7-6-14-33(29,30)19-11-8-17(3)9-12-19/h8-13,15H,4-7,14,16H2,1-3H3. The lowest BCUT2D eigenvalue weighted by molar-refractivity contribution is -0.143. The fourth-order valence-corrected chi connectivity index (χ4v) is 5.77. The third-order valence-corrected chi connectivity index (χ3v) is 8.01. The van der Waals surface area contributed by atoms with E-state index in [0.29, 0.717) is 4.80 Å². The Hall–Kier alpha value is -2.78. The van der Waals surface area contributed by atoms with Crippen molar-refractivity contribution in [3.8, 4) is 0 Å². The Balaban J connectivity index is 1.79. The minimum atomic E-state index is -3.46. The second-order valence-corrected chi connectivity index (χ2v) is 10.8. The van der Waals surface area contributed by atoms with Gasteiger partial charge in [-0.1, -0.05) is 42.0 Å². The van der Waals surface area contributed by atoms with E-state index in [-0.39, 0.29) is 36.6 Å². The largest absolute Gasteiger partial charge is 0.465 e. The molecule has 0 radical (unpaired) electrons. The highest BCUT2D eigenvalue weighted by Gasteiger charge is 2.16. The van der Waals surface area contributed by atoms with Crippen molar-refractivity contribution < 1.29 is 22.7 Å². The van der Waals surface area contributed by atoms with Crippen LogP contribution in [0.25, 0.3) is 10.2 Å². The number of hydrogen-bond donors (Lipinski definition) is 0. The molecule has 0 fully saturated rings. The van der Waals surface area contributed by atoms with Gasteiger partial charge in [0.05, 0.1) is 27.5 Å². The van der Waals surface area contributed by atoms with Gasteiger partial charge in [-0.25, -0.2) is 8.42 Å². The maximum atomic E-state index is 12.6. The van der Waals surface area contributed by atoms with Crippen LogP contribution in [0, 0.1) is 6.92 Å². The lowest BCUT2D eigenvalue weighted by atomic mass is 10.2. The maximum Gasteiger partial charge on any atom is 0.326 e. The summed E-state index contributed by atoms with van der Waals surface area (Å²) in [6.07, 6.45) is 1.03. The molecule has 1 aromatic heterocycles. The molecule has 9 heteroatoms.